The molecule has 0 aliphatic rings. The summed E-state index contributed by atoms with van der Waals surface area (Å²) in [5.41, 5.74) is 12.7. The molecule has 2 amide bonds. The summed E-state index contributed by atoms with van der Waals surface area (Å²) >= 11 is 5.95. The van der Waals surface area contributed by atoms with Crippen molar-refractivity contribution in [3.05, 3.63) is 34.9 Å². The number of carbonyl (C=O) groups excluding carboxylic acids is 2. The summed E-state index contributed by atoms with van der Waals surface area (Å²) < 4.78 is 26.2. The number of aryl methyl sites for hydroxylation is 1. The zero-order valence-corrected chi connectivity index (χ0v) is 25.4. The van der Waals surface area contributed by atoms with Crippen LogP contribution in [-0.2, 0) is 33.8 Å². The maximum atomic E-state index is 12.9. The lowest BCUT2D eigenvalue weighted by atomic mass is 10.2. The van der Waals surface area contributed by atoms with Gasteiger partial charge in [0.1, 0.15) is 24.4 Å². The third kappa shape index (κ3) is 8.81. The van der Waals surface area contributed by atoms with Crippen LogP contribution in [-0.4, -0.2) is 72.2 Å². The van der Waals surface area contributed by atoms with E-state index in [2.05, 4.69) is 29.7 Å². The van der Waals surface area contributed by atoms with Crippen LogP contribution in [0.1, 0.15) is 44.0 Å². The van der Waals surface area contributed by atoms with Crippen molar-refractivity contribution in [2.45, 2.75) is 52.9 Å². The highest BCUT2D eigenvalue weighted by Gasteiger charge is 2.26. The average Bonchev–Trinajstić information content (AvgIpc) is 3.23. The molecular weight excluding hydrogens is 568 g/mol. The van der Waals surface area contributed by atoms with Crippen LogP contribution in [0.5, 0.6) is 5.75 Å². The van der Waals surface area contributed by atoms with Gasteiger partial charge in [-0.25, -0.2) is 23.9 Å². The summed E-state index contributed by atoms with van der Waals surface area (Å²) in [6.45, 7) is 10.5. The Hall–Kier alpha value is -3.88. The van der Waals surface area contributed by atoms with Crippen LogP contribution in [0.15, 0.2) is 18.2 Å². The van der Waals surface area contributed by atoms with Crippen LogP contribution in [0.4, 0.5) is 16.4 Å². The molecule has 0 spiro atoms. The summed E-state index contributed by atoms with van der Waals surface area (Å²) in [5.74, 6) is 0.837. The molecule has 0 unspecified atom stereocenters. The lowest BCUT2D eigenvalue weighted by molar-refractivity contribution is -0.676. The molecule has 1 aromatic carbocycles. The van der Waals surface area contributed by atoms with Gasteiger partial charge in [-0.05, 0) is 39.8 Å². The summed E-state index contributed by atoms with van der Waals surface area (Å²) in [5, 5.41) is 5.41. The van der Waals surface area contributed by atoms with Gasteiger partial charge in [-0.2, -0.15) is 0 Å². The molecule has 0 fully saturated rings. The van der Waals surface area contributed by atoms with E-state index >= 15 is 0 Å². The number of imidazole rings is 1. The highest BCUT2D eigenvalue weighted by Crippen LogP contribution is 2.22. The molecule has 2 aromatic heterocycles. The van der Waals surface area contributed by atoms with Crippen LogP contribution in [0.25, 0.3) is 11.0 Å². The smallest absolute Gasteiger partial charge is 0.407 e. The molecule has 0 saturated heterocycles. The number of methoxy groups -OCH3 is 1. The van der Waals surface area contributed by atoms with Crippen molar-refractivity contribution in [3.63, 3.8) is 0 Å². The van der Waals surface area contributed by atoms with Crippen LogP contribution < -0.4 is 31.4 Å². The van der Waals surface area contributed by atoms with Crippen molar-refractivity contribution in [1.29, 1.82) is 0 Å². The zero-order chi connectivity index (χ0) is 30.9. The van der Waals surface area contributed by atoms with Crippen molar-refractivity contribution in [3.8, 4) is 5.75 Å². The highest BCUT2D eigenvalue weighted by molar-refractivity contribution is 6.31. The SMILES string of the molecule is CC[n+]1c(CNC(=O)c2nc(Cl)c(N)nc2N)n(CCOCCOCCNC(=O)OC(C)(C)C)c2cc(OC)ccc21. The van der Waals surface area contributed by atoms with Crippen LogP contribution in [0.2, 0.25) is 5.15 Å². The number of carbonyl (C=O) groups is 2. The molecule has 0 aliphatic heterocycles. The minimum atomic E-state index is -0.551. The maximum Gasteiger partial charge on any atom is 0.407 e. The molecule has 0 radical (unpaired) electrons. The molecule has 42 heavy (non-hydrogen) atoms. The normalized spacial score (nSPS) is 11.5. The van der Waals surface area contributed by atoms with Gasteiger partial charge in [-0.15, -0.1) is 0 Å². The first-order chi connectivity index (χ1) is 19.9. The van der Waals surface area contributed by atoms with E-state index < -0.39 is 17.6 Å². The Bertz CT molecular complexity index is 1390. The number of hydrogen-bond donors (Lipinski definition) is 4. The summed E-state index contributed by atoms with van der Waals surface area (Å²) in [7, 11) is 1.61. The number of benzene rings is 1. The van der Waals surface area contributed by atoms with E-state index in [0.29, 0.717) is 51.8 Å². The quantitative estimate of drug-likeness (QED) is 0.156. The first-order valence-corrected chi connectivity index (χ1v) is 13.9. The molecule has 0 bridgehead atoms. The first kappa shape index (κ1) is 32.6. The standard InChI is InChI=1S/C27H39ClN8O6/c1-6-35-18-8-7-17(39-5)15-19(18)36(10-12-41-14-13-40-11-9-31-26(38)42-27(2,3)4)20(35)16-32-25(37)21-23(29)34-24(30)22(28)33-21/h7-8,15H,6,9-14,16H2,1-5H3,(H5-,29,30,31,32,34,37,38)/p+1. The van der Waals surface area contributed by atoms with Crippen molar-refractivity contribution >= 4 is 46.3 Å². The molecule has 0 atom stereocenters. The van der Waals surface area contributed by atoms with E-state index in [1.54, 1.807) is 27.9 Å². The minimum absolute atomic E-state index is 0.0496. The van der Waals surface area contributed by atoms with Gasteiger partial charge >= 0.3 is 6.09 Å². The monoisotopic (exact) mass is 607 g/mol. The molecule has 14 nitrogen and oxygen atoms in total. The van der Waals surface area contributed by atoms with Gasteiger partial charge in [-0.1, -0.05) is 11.6 Å². The van der Waals surface area contributed by atoms with Crippen LogP contribution in [0, 0.1) is 0 Å². The number of nitrogens with two attached hydrogens (primary N) is 2. The number of aromatic nitrogens is 4. The van der Waals surface area contributed by atoms with Gasteiger partial charge in [0.25, 0.3) is 11.7 Å². The Kier molecular flexibility index (Phi) is 11.5. The zero-order valence-electron chi connectivity index (χ0n) is 24.7. The number of anilines is 2. The Morgan fingerprint density at radius 1 is 1.05 bits per heavy atom. The maximum absolute atomic E-state index is 12.9. The number of hydrogen-bond acceptors (Lipinski definition) is 10. The molecular formula is C27H40ClN8O6+. The predicted octanol–water partition coefficient (Wildman–Crippen LogP) is 2.05. The summed E-state index contributed by atoms with van der Waals surface area (Å²) in [6, 6.07) is 5.80. The van der Waals surface area contributed by atoms with Gasteiger partial charge in [-0.3, -0.25) is 4.79 Å². The summed E-state index contributed by atoms with van der Waals surface area (Å²) in [6.07, 6.45) is -0.483. The number of halogens is 1. The fourth-order valence-corrected chi connectivity index (χ4v) is 4.29. The molecule has 2 heterocycles. The number of ether oxygens (including phenoxy) is 4. The largest absolute Gasteiger partial charge is 0.497 e. The van der Waals surface area contributed by atoms with E-state index in [-0.39, 0.29) is 29.0 Å². The molecule has 3 aromatic rings. The first-order valence-electron chi connectivity index (χ1n) is 13.5. The van der Waals surface area contributed by atoms with Gasteiger partial charge < -0.3 is 41.0 Å². The third-order valence-corrected chi connectivity index (χ3v) is 6.25. The highest BCUT2D eigenvalue weighted by atomic mass is 35.5. The van der Waals surface area contributed by atoms with Crippen LogP contribution in [0.3, 0.4) is 0 Å². The number of amides is 2. The van der Waals surface area contributed by atoms with Gasteiger partial charge in [0, 0.05) is 12.6 Å². The number of rotatable bonds is 14. The average molecular weight is 608 g/mol. The van der Waals surface area contributed by atoms with Crippen molar-refractivity contribution < 1.29 is 33.1 Å². The van der Waals surface area contributed by atoms with Crippen molar-refractivity contribution in [1.82, 2.24) is 25.2 Å². The fraction of sp³-hybridized carbons (Fsp3) is 0.519. The molecule has 3 rings (SSSR count). The number of nitrogens with one attached hydrogen (secondary N) is 2. The lowest BCUT2D eigenvalue weighted by Crippen LogP contribution is -2.40. The van der Waals surface area contributed by atoms with Crippen molar-refractivity contribution in [2.24, 2.45) is 0 Å². The second-order valence-electron chi connectivity index (χ2n) is 10.1. The van der Waals surface area contributed by atoms with Crippen molar-refractivity contribution in [2.75, 3.05) is 51.5 Å². The Balaban J connectivity index is 1.62. The number of nitrogen functional groups attached to an aromatic ring is 2. The van der Waals surface area contributed by atoms with Gasteiger partial charge in [0.05, 0.1) is 40.1 Å². The summed E-state index contributed by atoms with van der Waals surface area (Å²) in [4.78, 5) is 32.5. The predicted molar refractivity (Wildman–Crippen MR) is 157 cm³/mol. The lowest BCUT2D eigenvalue weighted by Gasteiger charge is -2.19. The van der Waals surface area contributed by atoms with E-state index in [0.717, 1.165) is 16.9 Å². The second kappa shape index (κ2) is 14.8. The molecule has 6 N–H and O–H groups in total. The Morgan fingerprint density at radius 3 is 2.43 bits per heavy atom. The van der Waals surface area contributed by atoms with Gasteiger partial charge in [0.2, 0.25) is 0 Å². The van der Waals surface area contributed by atoms with E-state index in [1.165, 1.54) is 0 Å². The molecule has 230 valence electrons. The second-order valence-corrected chi connectivity index (χ2v) is 10.5. The van der Waals surface area contributed by atoms with Crippen LogP contribution >= 0.6 is 11.6 Å². The molecule has 0 aliphatic carbocycles. The molecule has 15 heteroatoms. The van der Waals surface area contributed by atoms with E-state index in [9.17, 15) is 9.59 Å². The molecule has 0 saturated carbocycles. The van der Waals surface area contributed by atoms with E-state index in [1.807, 2.05) is 25.1 Å². The number of alkyl carbamates (subject to hydrolysis) is 1. The fourth-order valence-electron chi connectivity index (χ4n) is 4.16. The van der Waals surface area contributed by atoms with Gasteiger partial charge in [0.15, 0.2) is 33.5 Å². The topological polar surface area (TPSA) is 182 Å². The number of nitrogens with zero attached hydrogens (tertiary/aromatic N) is 4. The Morgan fingerprint density at radius 2 is 1.76 bits per heavy atom. The third-order valence-electron chi connectivity index (χ3n) is 5.98. The number of fused-ring (bicyclic) bond motifs is 1. The minimum Gasteiger partial charge on any atom is -0.497 e. The Labute approximate surface area is 249 Å². The van der Waals surface area contributed by atoms with E-state index in [4.69, 9.17) is 42.0 Å².